The van der Waals surface area contributed by atoms with E-state index in [2.05, 4.69) is 261 Å². The van der Waals surface area contributed by atoms with E-state index in [4.69, 9.17) is 0 Å². The van der Waals surface area contributed by atoms with Crippen LogP contribution in [0, 0.1) is 0 Å². The average molecular weight is 900 g/mol. The molecule has 0 spiro atoms. The Kier molecular flexibility index (Phi) is 15.1. The highest BCUT2D eigenvalue weighted by Gasteiger charge is 2.31. The first-order valence-electron chi connectivity index (χ1n) is 21.8. The van der Waals surface area contributed by atoms with Crippen LogP contribution in [0.3, 0.4) is 0 Å². The summed E-state index contributed by atoms with van der Waals surface area (Å²) in [4.78, 5) is 0. The molecule has 9 aromatic rings. The van der Waals surface area contributed by atoms with Crippen molar-refractivity contribution in [2.75, 3.05) is 24.6 Å². The topological polar surface area (TPSA) is 0 Å². The molecule has 0 bridgehead atoms. The summed E-state index contributed by atoms with van der Waals surface area (Å²) >= 11 is 0. The summed E-state index contributed by atoms with van der Waals surface area (Å²) in [5.41, 5.74) is 0. The van der Waals surface area contributed by atoms with Crippen LogP contribution in [0.15, 0.2) is 261 Å². The molecule has 0 amide bonds. The Labute approximate surface area is 381 Å². The molecule has 0 heterocycles. The lowest BCUT2D eigenvalue weighted by atomic mass is 10.3. The maximum Gasteiger partial charge on any atom is 0.156 e. The van der Waals surface area contributed by atoms with Gasteiger partial charge in [-0.2, -0.15) is 0 Å². The molecule has 0 saturated heterocycles. The quantitative estimate of drug-likeness (QED) is 0.0486. The van der Waals surface area contributed by atoms with E-state index < -0.39 is 40.5 Å². The monoisotopic (exact) mass is 899 g/mol. The molecule has 1 radical (unpaired) electrons. The molecule has 0 N–H and O–H groups in total. The van der Waals surface area contributed by atoms with Gasteiger partial charge in [-0.1, -0.05) is 266 Å². The third kappa shape index (κ3) is 10.7. The molecule has 0 aromatic heterocycles. The van der Waals surface area contributed by atoms with Crippen molar-refractivity contribution in [3.8, 4) is 0 Å². The molecule has 2 unspecified atom stereocenters. The van der Waals surface area contributed by atoms with Crippen molar-refractivity contribution < 1.29 is 0 Å². The molecule has 0 nitrogen and oxygen atoms in total. The molecule has 9 aromatic carbocycles. The maximum absolute atomic E-state index is 2.50. The van der Waals surface area contributed by atoms with Gasteiger partial charge in [0, 0.05) is 0 Å². The van der Waals surface area contributed by atoms with Crippen LogP contribution in [-0.2, 0) is 0 Å². The van der Waals surface area contributed by atoms with Gasteiger partial charge in [0.25, 0.3) is 0 Å². The van der Waals surface area contributed by atoms with Gasteiger partial charge < -0.3 is 0 Å². The van der Waals surface area contributed by atoms with Crippen LogP contribution in [0.5, 0.6) is 0 Å². The third-order valence-electron chi connectivity index (χ3n) is 11.5. The van der Waals surface area contributed by atoms with Crippen LogP contribution in [-0.4, -0.2) is 33.4 Å². The predicted octanol–water partition coefficient (Wildman–Crippen LogP) is 9.33. The van der Waals surface area contributed by atoms with Crippen LogP contribution in [0.1, 0.15) is 0 Å². The summed E-state index contributed by atoms with van der Waals surface area (Å²) < 4.78 is 0. The van der Waals surface area contributed by atoms with Gasteiger partial charge in [-0.3, -0.25) is 0 Å². The average Bonchev–Trinajstić information content (AvgIpc) is 3.37. The minimum Gasteiger partial charge on any atom is -0.0624 e. The summed E-state index contributed by atoms with van der Waals surface area (Å²) in [7, 11) is -3.91. The highest BCUT2D eigenvalue weighted by atomic mass is 31.1. The van der Waals surface area contributed by atoms with E-state index in [0.29, 0.717) is 0 Å². The van der Waals surface area contributed by atoms with Gasteiger partial charge in [-0.25, -0.2) is 0 Å². The second kappa shape index (κ2) is 22.0. The Balaban J connectivity index is 1.15. The standard InChI is InChI=1S/C58H51P4Si/c1-8-26-48(27-9-1)59(49-28-10-2-11-29-49)44-46-61(52-34-16-5-17-35-52)55-40-22-24-42-57(55)63(54-38-20-7-21-39-54)58-43-25-23-41-56(58)62(53-36-18-6-19-37-53)47-45-60(50-30-12-3-13-31-50)51-32-14-4-15-33-51/h1-43H,44-47H2. The minimum absolute atomic E-state index is 0.531. The van der Waals surface area contributed by atoms with Crippen LogP contribution in [0.2, 0.25) is 0 Å². The van der Waals surface area contributed by atoms with Crippen LogP contribution in [0.4, 0.5) is 0 Å². The van der Waals surface area contributed by atoms with Gasteiger partial charge >= 0.3 is 0 Å². The first kappa shape index (κ1) is 43.2. The van der Waals surface area contributed by atoms with Crippen LogP contribution < -0.4 is 58.0 Å². The van der Waals surface area contributed by atoms with E-state index in [1.165, 1.54) is 58.0 Å². The maximum atomic E-state index is 2.50. The van der Waals surface area contributed by atoms with E-state index in [0.717, 1.165) is 24.6 Å². The van der Waals surface area contributed by atoms with Crippen molar-refractivity contribution in [3.63, 3.8) is 0 Å². The summed E-state index contributed by atoms with van der Waals surface area (Å²) in [5, 5.41) is 16.3. The highest BCUT2D eigenvalue weighted by molar-refractivity contribution is 7.78. The van der Waals surface area contributed by atoms with Gasteiger partial charge in [0.05, 0.1) is 0 Å². The van der Waals surface area contributed by atoms with Crippen molar-refractivity contribution in [1.82, 2.24) is 0 Å². The Bertz CT molecular complexity index is 2490. The lowest BCUT2D eigenvalue weighted by Crippen LogP contribution is -2.60. The van der Waals surface area contributed by atoms with Crippen LogP contribution >= 0.6 is 31.7 Å². The SMILES string of the molecule is c1ccc([Si](c2ccccc2P(CCP(c2ccccc2)c2ccccc2)c2ccccc2)c2ccccc2P(CCP(c2ccccc2)c2ccccc2)c2ccccc2)cc1. The van der Waals surface area contributed by atoms with Crippen molar-refractivity contribution in [2.45, 2.75) is 0 Å². The largest absolute Gasteiger partial charge is 0.156 e. The molecule has 5 heteroatoms. The molecule has 0 saturated carbocycles. The fraction of sp³-hybridized carbons (Fsp3) is 0.0690. The van der Waals surface area contributed by atoms with Crippen molar-refractivity contribution in [1.29, 1.82) is 0 Å². The van der Waals surface area contributed by atoms with Gasteiger partial charge in [0.15, 0.2) is 8.80 Å². The predicted molar refractivity (Wildman–Crippen MR) is 287 cm³/mol. The third-order valence-corrected chi connectivity index (χ3v) is 25.6. The smallest absolute Gasteiger partial charge is 0.0624 e. The molecular weight excluding hydrogens is 849 g/mol. The number of hydrogen-bond donors (Lipinski definition) is 0. The second-order valence-corrected chi connectivity index (χ2v) is 27.1. The zero-order valence-electron chi connectivity index (χ0n) is 35.4. The number of benzene rings is 9. The fourth-order valence-electron chi connectivity index (χ4n) is 8.54. The van der Waals surface area contributed by atoms with E-state index in [1.54, 1.807) is 0 Å². The molecule has 63 heavy (non-hydrogen) atoms. The zero-order valence-corrected chi connectivity index (χ0v) is 40.0. The molecular formula is C58H51P4Si. The van der Waals surface area contributed by atoms with E-state index in [1.807, 2.05) is 0 Å². The van der Waals surface area contributed by atoms with E-state index in [-0.39, 0.29) is 0 Å². The lowest BCUT2D eigenvalue weighted by molar-refractivity contribution is 1.51. The molecule has 9 rings (SSSR count). The highest BCUT2D eigenvalue weighted by Crippen LogP contribution is 2.42. The van der Waals surface area contributed by atoms with E-state index in [9.17, 15) is 0 Å². The fourth-order valence-corrected chi connectivity index (χ4v) is 23.5. The Morgan fingerprint density at radius 1 is 0.222 bits per heavy atom. The molecule has 0 fully saturated rings. The lowest BCUT2D eigenvalue weighted by Gasteiger charge is -2.30. The van der Waals surface area contributed by atoms with Gasteiger partial charge in [0.1, 0.15) is 0 Å². The van der Waals surface area contributed by atoms with Gasteiger partial charge in [-0.05, 0) is 109 Å². The zero-order chi connectivity index (χ0) is 42.5. The van der Waals surface area contributed by atoms with Gasteiger partial charge in [0.2, 0.25) is 0 Å². The van der Waals surface area contributed by atoms with Crippen LogP contribution in [0.25, 0.3) is 0 Å². The molecule has 0 aliphatic rings. The molecule has 0 aliphatic carbocycles. The Morgan fingerprint density at radius 2 is 0.444 bits per heavy atom. The number of rotatable bonds is 17. The first-order chi connectivity index (χ1) is 31.3. The summed E-state index contributed by atoms with van der Waals surface area (Å²) in [6.45, 7) is 0. The molecule has 307 valence electrons. The molecule has 0 aliphatic heterocycles. The van der Waals surface area contributed by atoms with E-state index >= 15 is 0 Å². The summed E-state index contributed by atoms with van der Waals surface area (Å²) in [5.74, 6) is 0. The first-order valence-corrected chi connectivity index (χ1v) is 29.4. The summed E-state index contributed by atoms with van der Waals surface area (Å²) in [6.07, 6.45) is 4.51. The second-order valence-electron chi connectivity index (χ2n) is 15.4. The Hall–Kier alpha value is -5.08. The van der Waals surface area contributed by atoms with Gasteiger partial charge in [-0.15, -0.1) is 0 Å². The Morgan fingerprint density at radius 3 is 0.746 bits per heavy atom. The van der Waals surface area contributed by atoms with Crippen molar-refractivity contribution in [2.24, 2.45) is 0 Å². The van der Waals surface area contributed by atoms with Crippen molar-refractivity contribution in [3.05, 3.63) is 261 Å². The van der Waals surface area contributed by atoms with Crippen molar-refractivity contribution >= 4 is 98.5 Å². The molecule has 2 atom stereocenters. The normalized spacial score (nSPS) is 12.4. The minimum atomic E-state index is -1.48. The summed E-state index contributed by atoms with van der Waals surface area (Å²) in [6, 6.07) is 98.7. The number of hydrogen-bond acceptors (Lipinski definition) is 0.